The van der Waals surface area contributed by atoms with Crippen molar-refractivity contribution < 1.29 is 17.9 Å². The maximum absolute atomic E-state index is 12.5. The molecule has 1 aliphatic carbocycles. The summed E-state index contributed by atoms with van der Waals surface area (Å²) >= 11 is 0. The van der Waals surface area contributed by atoms with Gasteiger partial charge in [0.1, 0.15) is 5.75 Å². The van der Waals surface area contributed by atoms with E-state index in [-0.39, 0.29) is 5.75 Å². The van der Waals surface area contributed by atoms with Gasteiger partial charge in [0, 0.05) is 0 Å². The molecule has 0 spiro atoms. The molecule has 0 saturated heterocycles. The zero-order chi connectivity index (χ0) is 15.1. The summed E-state index contributed by atoms with van der Waals surface area (Å²) in [5, 5.41) is 0. The Bertz CT molecular complexity index is 459. The second-order valence-electron chi connectivity index (χ2n) is 5.49. The van der Waals surface area contributed by atoms with Gasteiger partial charge in [0.05, 0.1) is 12.2 Å². The number of unbranched alkanes of at least 4 members (excludes halogenated alkanes) is 1. The number of ether oxygens (including phenoxy) is 1. The van der Waals surface area contributed by atoms with E-state index in [1.165, 1.54) is 31.7 Å². The van der Waals surface area contributed by atoms with Crippen molar-refractivity contribution in [3.63, 3.8) is 0 Å². The second kappa shape index (κ2) is 7.53. The van der Waals surface area contributed by atoms with Crippen LogP contribution in [0, 0.1) is 5.92 Å². The van der Waals surface area contributed by atoms with Gasteiger partial charge in [-0.2, -0.15) is 13.2 Å². The Morgan fingerprint density at radius 2 is 1.95 bits per heavy atom. The van der Waals surface area contributed by atoms with Gasteiger partial charge in [-0.15, -0.1) is 0 Å². The fourth-order valence-corrected chi connectivity index (χ4v) is 2.59. The summed E-state index contributed by atoms with van der Waals surface area (Å²) in [6.07, 6.45) is 7.09. The SMILES string of the molecule is FC(F)(F)c1cccc(OCCC/C=C/C2CCCC2)c1. The smallest absolute Gasteiger partial charge is 0.416 e. The number of allylic oxidation sites excluding steroid dienone is 2. The molecule has 0 amide bonds. The first-order valence-corrected chi connectivity index (χ1v) is 7.52. The molecule has 0 unspecified atom stereocenters. The highest BCUT2D eigenvalue weighted by Gasteiger charge is 2.30. The van der Waals surface area contributed by atoms with Gasteiger partial charge in [0.2, 0.25) is 0 Å². The lowest BCUT2D eigenvalue weighted by atomic mass is 10.1. The monoisotopic (exact) mass is 298 g/mol. The molecule has 4 heteroatoms. The molecular formula is C17H21F3O. The second-order valence-corrected chi connectivity index (χ2v) is 5.49. The van der Waals surface area contributed by atoms with E-state index >= 15 is 0 Å². The van der Waals surface area contributed by atoms with Gasteiger partial charge in [0.15, 0.2) is 0 Å². The van der Waals surface area contributed by atoms with Gasteiger partial charge < -0.3 is 4.74 Å². The highest BCUT2D eigenvalue weighted by Crippen LogP contribution is 2.31. The van der Waals surface area contributed by atoms with Crippen LogP contribution in [0.2, 0.25) is 0 Å². The minimum absolute atomic E-state index is 0.282. The molecule has 116 valence electrons. The maximum Gasteiger partial charge on any atom is 0.416 e. The summed E-state index contributed by atoms with van der Waals surface area (Å²) in [5.74, 6) is 1.01. The van der Waals surface area contributed by atoms with Gasteiger partial charge in [-0.05, 0) is 49.8 Å². The third-order valence-corrected chi connectivity index (χ3v) is 3.75. The summed E-state index contributed by atoms with van der Waals surface area (Å²) in [7, 11) is 0. The Morgan fingerprint density at radius 3 is 2.67 bits per heavy atom. The van der Waals surface area contributed by atoms with Crippen LogP contribution in [0.5, 0.6) is 5.75 Å². The van der Waals surface area contributed by atoms with Crippen molar-refractivity contribution in [2.24, 2.45) is 5.92 Å². The Balaban J connectivity index is 1.68. The predicted molar refractivity (Wildman–Crippen MR) is 77.3 cm³/mol. The van der Waals surface area contributed by atoms with Crippen molar-refractivity contribution in [1.82, 2.24) is 0 Å². The topological polar surface area (TPSA) is 9.23 Å². The van der Waals surface area contributed by atoms with Gasteiger partial charge >= 0.3 is 6.18 Å². The molecule has 0 atom stereocenters. The van der Waals surface area contributed by atoms with Crippen LogP contribution in [-0.2, 0) is 6.18 Å². The number of alkyl halides is 3. The minimum atomic E-state index is -4.32. The molecule has 0 heterocycles. The van der Waals surface area contributed by atoms with Crippen molar-refractivity contribution in [2.75, 3.05) is 6.61 Å². The lowest BCUT2D eigenvalue weighted by Gasteiger charge is -2.09. The maximum atomic E-state index is 12.5. The largest absolute Gasteiger partial charge is 0.494 e. The molecule has 2 rings (SSSR count). The highest BCUT2D eigenvalue weighted by molar-refractivity contribution is 5.30. The average Bonchev–Trinajstić information content (AvgIpc) is 2.95. The first kappa shape index (κ1) is 15.9. The van der Waals surface area contributed by atoms with E-state index in [1.54, 1.807) is 6.07 Å². The summed E-state index contributed by atoms with van der Waals surface area (Å²) in [4.78, 5) is 0. The van der Waals surface area contributed by atoms with Crippen LogP contribution in [0.4, 0.5) is 13.2 Å². The van der Waals surface area contributed by atoms with E-state index < -0.39 is 11.7 Å². The number of hydrogen-bond acceptors (Lipinski definition) is 1. The van der Waals surface area contributed by atoms with Crippen LogP contribution >= 0.6 is 0 Å². The van der Waals surface area contributed by atoms with Gasteiger partial charge in [-0.25, -0.2) is 0 Å². The molecule has 1 saturated carbocycles. The van der Waals surface area contributed by atoms with Crippen molar-refractivity contribution in [1.29, 1.82) is 0 Å². The summed E-state index contributed by atoms with van der Waals surface area (Å²) < 4.78 is 43.0. The van der Waals surface area contributed by atoms with E-state index in [0.29, 0.717) is 6.61 Å². The lowest BCUT2D eigenvalue weighted by Crippen LogP contribution is -2.05. The van der Waals surface area contributed by atoms with E-state index in [1.807, 2.05) is 0 Å². The van der Waals surface area contributed by atoms with Crippen LogP contribution in [-0.4, -0.2) is 6.61 Å². The van der Waals surface area contributed by atoms with Crippen molar-refractivity contribution in [3.05, 3.63) is 42.0 Å². The third-order valence-electron chi connectivity index (χ3n) is 3.75. The van der Waals surface area contributed by atoms with Gasteiger partial charge in [-0.3, -0.25) is 0 Å². The molecule has 1 aromatic rings. The summed E-state index contributed by atoms with van der Waals surface area (Å²) in [5.41, 5.74) is -0.666. The Labute approximate surface area is 123 Å². The number of halogens is 3. The van der Waals surface area contributed by atoms with Crippen LogP contribution in [0.3, 0.4) is 0 Å². The van der Waals surface area contributed by atoms with Crippen molar-refractivity contribution in [2.45, 2.75) is 44.7 Å². The van der Waals surface area contributed by atoms with Crippen LogP contribution in [0.1, 0.15) is 44.1 Å². The fraction of sp³-hybridized carbons (Fsp3) is 0.529. The number of hydrogen-bond donors (Lipinski definition) is 0. The van der Waals surface area contributed by atoms with E-state index in [4.69, 9.17) is 4.74 Å². The van der Waals surface area contributed by atoms with Gasteiger partial charge in [-0.1, -0.05) is 31.1 Å². The number of rotatable bonds is 6. The molecule has 1 fully saturated rings. The standard InChI is InChI=1S/C17H21F3O/c18-17(19,20)15-10-6-11-16(13-15)21-12-5-1-2-7-14-8-3-4-9-14/h2,6-7,10-11,13-14H,1,3-5,8-9,12H2/b7-2+. The lowest BCUT2D eigenvalue weighted by molar-refractivity contribution is -0.137. The van der Waals surface area contributed by atoms with E-state index in [9.17, 15) is 13.2 Å². The molecular weight excluding hydrogens is 277 g/mol. The van der Waals surface area contributed by atoms with Gasteiger partial charge in [0.25, 0.3) is 0 Å². The minimum Gasteiger partial charge on any atom is -0.494 e. The van der Waals surface area contributed by atoms with Crippen LogP contribution in [0.25, 0.3) is 0 Å². The molecule has 1 aliphatic rings. The molecule has 0 bridgehead atoms. The van der Waals surface area contributed by atoms with Crippen LogP contribution < -0.4 is 4.74 Å². The summed E-state index contributed by atoms with van der Waals surface area (Å²) in [6, 6.07) is 5.04. The molecule has 1 aromatic carbocycles. The summed E-state index contributed by atoms with van der Waals surface area (Å²) in [6.45, 7) is 0.441. The van der Waals surface area contributed by atoms with Crippen LogP contribution in [0.15, 0.2) is 36.4 Å². The van der Waals surface area contributed by atoms with Crippen molar-refractivity contribution in [3.8, 4) is 5.75 Å². The van der Waals surface area contributed by atoms with E-state index in [0.717, 1.165) is 30.9 Å². The normalized spacial score (nSPS) is 16.7. The van der Waals surface area contributed by atoms with E-state index in [2.05, 4.69) is 12.2 Å². The van der Waals surface area contributed by atoms with Crippen molar-refractivity contribution >= 4 is 0 Å². The molecule has 0 N–H and O–H groups in total. The Hall–Kier alpha value is -1.45. The molecule has 0 aromatic heterocycles. The number of benzene rings is 1. The average molecular weight is 298 g/mol. The molecule has 21 heavy (non-hydrogen) atoms. The first-order valence-electron chi connectivity index (χ1n) is 7.52. The Morgan fingerprint density at radius 1 is 1.19 bits per heavy atom. The zero-order valence-corrected chi connectivity index (χ0v) is 12.0. The fourth-order valence-electron chi connectivity index (χ4n) is 2.59. The molecule has 0 aliphatic heterocycles. The third kappa shape index (κ3) is 5.44. The highest BCUT2D eigenvalue weighted by atomic mass is 19.4. The molecule has 1 nitrogen and oxygen atoms in total. The quantitative estimate of drug-likeness (QED) is 0.490. The first-order chi connectivity index (χ1) is 10.1. The Kier molecular flexibility index (Phi) is 5.71. The zero-order valence-electron chi connectivity index (χ0n) is 12.0. The molecule has 0 radical (unpaired) electrons. The predicted octanol–water partition coefficient (Wildman–Crippen LogP) is 5.61.